The molecule has 0 amide bonds. The summed E-state index contributed by atoms with van der Waals surface area (Å²) in [5, 5.41) is 3.47. The summed E-state index contributed by atoms with van der Waals surface area (Å²) in [5.41, 5.74) is 1.42. The minimum atomic E-state index is 0.498. The molecule has 102 valence electrons. The lowest BCUT2D eigenvalue weighted by Crippen LogP contribution is -2.23. The molecule has 0 fully saturated rings. The van der Waals surface area contributed by atoms with E-state index in [2.05, 4.69) is 56.5 Å². The molecule has 0 aliphatic rings. The summed E-state index contributed by atoms with van der Waals surface area (Å²) in [4.78, 5) is 0. The fraction of sp³-hybridized carbons (Fsp3) is 0.647. The van der Waals surface area contributed by atoms with E-state index >= 15 is 0 Å². The first-order valence-electron chi connectivity index (χ1n) is 7.51. The van der Waals surface area contributed by atoms with Crippen molar-refractivity contribution in [2.45, 2.75) is 58.4 Å². The smallest absolute Gasteiger partial charge is 0.0343 e. The van der Waals surface area contributed by atoms with Gasteiger partial charge in [0.25, 0.3) is 0 Å². The van der Waals surface area contributed by atoms with Gasteiger partial charge in [-0.3, -0.25) is 0 Å². The summed E-state index contributed by atoms with van der Waals surface area (Å²) >= 11 is 0. The van der Waals surface area contributed by atoms with Crippen LogP contribution in [0.4, 0.5) is 0 Å². The average Bonchev–Trinajstić information content (AvgIpc) is 2.40. The standard InChI is InChI=1S/C17H29N/c1-4-5-6-7-9-12-15(2)17(18-3)16-13-10-8-11-14-16/h8,10-11,13-15,17-18H,4-7,9,12H2,1-3H3. The Morgan fingerprint density at radius 1 is 1.00 bits per heavy atom. The van der Waals surface area contributed by atoms with Crippen LogP contribution in [0.1, 0.15) is 64.0 Å². The molecule has 1 aromatic rings. The second-order valence-electron chi connectivity index (χ2n) is 5.36. The van der Waals surface area contributed by atoms with E-state index in [4.69, 9.17) is 0 Å². The van der Waals surface area contributed by atoms with Crippen molar-refractivity contribution in [1.29, 1.82) is 0 Å². The molecule has 2 unspecified atom stereocenters. The van der Waals surface area contributed by atoms with Gasteiger partial charge in [0.05, 0.1) is 0 Å². The molecule has 0 heterocycles. The second-order valence-corrected chi connectivity index (χ2v) is 5.36. The minimum Gasteiger partial charge on any atom is -0.313 e. The maximum absolute atomic E-state index is 3.47. The van der Waals surface area contributed by atoms with Gasteiger partial charge in [-0.1, -0.05) is 76.3 Å². The lowest BCUT2D eigenvalue weighted by molar-refractivity contribution is 0.371. The van der Waals surface area contributed by atoms with Gasteiger partial charge >= 0.3 is 0 Å². The van der Waals surface area contributed by atoms with E-state index in [1.807, 2.05) is 0 Å². The predicted octanol–water partition coefficient (Wildman–Crippen LogP) is 4.94. The molecule has 0 aromatic heterocycles. The summed E-state index contributed by atoms with van der Waals surface area (Å²) < 4.78 is 0. The Morgan fingerprint density at radius 2 is 1.67 bits per heavy atom. The number of benzene rings is 1. The summed E-state index contributed by atoms with van der Waals surface area (Å²) in [6, 6.07) is 11.3. The first-order valence-corrected chi connectivity index (χ1v) is 7.51. The number of hydrogen-bond donors (Lipinski definition) is 1. The van der Waals surface area contributed by atoms with Crippen LogP contribution in [0.5, 0.6) is 0 Å². The monoisotopic (exact) mass is 247 g/mol. The Bertz CT molecular complexity index is 294. The summed E-state index contributed by atoms with van der Waals surface area (Å²) in [7, 11) is 2.07. The van der Waals surface area contributed by atoms with Gasteiger partial charge < -0.3 is 5.32 Å². The lowest BCUT2D eigenvalue weighted by Gasteiger charge is -2.24. The highest BCUT2D eigenvalue weighted by Gasteiger charge is 2.16. The van der Waals surface area contributed by atoms with Crippen LogP contribution in [-0.2, 0) is 0 Å². The van der Waals surface area contributed by atoms with Crippen LogP contribution >= 0.6 is 0 Å². The molecule has 1 aromatic carbocycles. The van der Waals surface area contributed by atoms with Crippen molar-refractivity contribution in [2.75, 3.05) is 7.05 Å². The number of rotatable bonds is 9. The molecule has 1 heteroatoms. The predicted molar refractivity (Wildman–Crippen MR) is 80.8 cm³/mol. The summed E-state index contributed by atoms with van der Waals surface area (Å²) in [5.74, 6) is 0.707. The van der Waals surface area contributed by atoms with Crippen LogP contribution in [-0.4, -0.2) is 7.05 Å². The molecule has 0 radical (unpaired) electrons. The lowest BCUT2D eigenvalue weighted by atomic mass is 9.90. The average molecular weight is 247 g/mol. The van der Waals surface area contributed by atoms with Gasteiger partial charge in [-0.25, -0.2) is 0 Å². The van der Waals surface area contributed by atoms with Crippen molar-refractivity contribution in [1.82, 2.24) is 5.32 Å². The van der Waals surface area contributed by atoms with Gasteiger partial charge in [-0.2, -0.15) is 0 Å². The molecule has 0 saturated heterocycles. The van der Waals surface area contributed by atoms with Crippen molar-refractivity contribution in [3.05, 3.63) is 35.9 Å². The molecule has 0 aliphatic heterocycles. The molecule has 0 spiro atoms. The van der Waals surface area contributed by atoms with E-state index in [9.17, 15) is 0 Å². The van der Waals surface area contributed by atoms with Crippen LogP contribution in [0.15, 0.2) is 30.3 Å². The van der Waals surface area contributed by atoms with Crippen molar-refractivity contribution >= 4 is 0 Å². The SMILES string of the molecule is CCCCCCCC(C)C(NC)c1ccccc1. The summed E-state index contributed by atoms with van der Waals surface area (Å²) in [6.45, 7) is 4.64. The van der Waals surface area contributed by atoms with Gasteiger partial charge in [0.15, 0.2) is 0 Å². The van der Waals surface area contributed by atoms with Gasteiger partial charge in [-0.05, 0) is 24.9 Å². The van der Waals surface area contributed by atoms with E-state index in [1.165, 1.54) is 44.1 Å². The van der Waals surface area contributed by atoms with Crippen molar-refractivity contribution < 1.29 is 0 Å². The zero-order chi connectivity index (χ0) is 13.2. The van der Waals surface area contributed by atoms with Gasteiger partial charge in [0.1, 0.15) is 0 Å². The first kappa shape index (κ1) is 15.2. The molecule has 2 atom stereocenters. The molecular formula is C17H29N. The largest absolute Gasteiger partial charge is 0.313 e. The Balaban J connectivity index is 2.36. The van der Waals surface area contributed by atoms with E-state index in [0.717, 1.165) is 0 Å². The number of unbranched alkanes of at least 4 members (excludes halogenated alkanes) is 4. The third-order valence-electron chi connectivity index (χ3n) is 3.80. The maximum Gasteiger partial charge on any atom is 0.0343 e. The first-order chi connectivity index (χ1) is 8.79. The molecule has 1 nitrogen and oxygen atoms in total. The highest BCUT2D eigenvalue weighted by molar-refractivity contribution is 5.19. The molecule has 18 heavy (non-hydrogen) atoms. The van der Waals surface area contributed by atoms with E-state index in [0.29, 0.717) is 12.0 Å². The third kappa shape index (κ3) is 5.22. The van der Waals surface area contributed by atoms with E-state index < -0.39 is 0 Å². The minimum absolute atomic E-state index is 0.498. The molecule has 0 bridgehead atoms. The van der Waals surface area contributed by atoms with Crippen LogP contribution in [0.3, 0.4) is 0 Å². The van der Waals surface area contributed by atoms with Crippen molar-refractivity contribution in [3.8, 4) is 0 Å². The van der Waals surface area contributed by atoms with E-state index in [1.54, 1.807) is 0 Å². The van der Waals surface area contributed by atoms with Gasteiger partial charge in [0, 0.05) is 6.04 Å². The van der Waals surface area contributed by atoms with Crippen LogP contribution < -0.4 is 5.32 Å². The normalized spacial score (nSPS) is 14.4. The Hall–Kier alpha value is -0.820. The van der Waals surface area contributed by atoms with Crippen molar-refractivity contribution in [2.24, 2.45) is 5.92 Å². The third-order valence-corrected chi connectivity index (χ3v) is 3.80. The molecule has 0 saturated carbocycles. The molecule has 1 rings (SSSR count). The number of nitrogens with one attached hydrogen (secondary N) is 1. The van der Waals surface area contributed by atoms with E-state index in [-0.39, 0.29) is 0 Å². The Labute approximate surface area is 113 Å². The zero-order valence-corrected chi connectivity index (χ0v) is 12.3. The fourth-order valence-corrected chi connectivity index (χ4v) is 2.68. The Kier molecular flexibility index (Phi) is 7.75. The molecular weight excluding hydrogens is 218 g/mol. The topological polar surface area (TPSA) is 12.0 Å². The van der Waals surface area contributed by atoms with Crippen molar-refractivity contribution in [3.63, 3.8) is 0 Å². The van der Waals surface area contributed by atoms with Crippen LogP contribution in [0.2, 0.25) is 0 Å². The highest BCUT2D eigenvalue weighted by atomic mass is 14.9. The highest BCUT2D eigenvalue weighted by Crippen LogP contribution is 2.25. The molecule has 1 N–H and O–H groups in total. The summed E-state index contributed by atoms with van der Waals surface area (Å²) in [6.07, 6.45) is 8.21. The second kappa shape index (κ2) is 9.16. The molecule has 0 aliphatic carbocycles. The Morgan fingerprint density at radius 3 is 2.28 bits per heavy atom. The van der Waals surface area contributed by atoms with Gasteiger partial charge in [-0.15, -0.1) is 0 Å². The van der Waals surface area contributed by atoms with Crippen LogP contribution in [0.25, 0.3) is 0 Å². The zero-order valence-electron chi connectivity index (χ0n) is 12.3. The number of hydrogen-bond acceptors (Lipinski definition) is 1. The van der Waals surface area contributed by atoms with Gasteiger partial charge in [0.2, 0.25) is 0 Å². The van der Waals surface area contributed by atoms with Crippen LogP contribution in [0, 0.1) is 5.92 Å². The quantitative estimate of drug-likeness (QED) is 0.609. The maximum atomic E-state index is 3.47. The fourth-order valence-electron chi connectivity index (χ4n) is 2.68.